The molecule has 0 bridgehead atoms. The predicted octanol–water partition coefficient (Wildman–Crippen LogP) is -0.197. The van der Waals surface area contributed by atoms with E-state index in [1.807, 2.05) is 0 Å². The molecule has 0 fully saturated rings. The van der Waals surface area contributed by atoms with Gasteiger partial charge >= 0.3 is 10.4 Å². The summed E-state index contributed by atoms with van der Waals surface area (Å²) in [5.41, 5.74) is 0. The molecule has 1 N–H and O–H groups in total. The van der Waals surface area contributed by atoms with Gasteiger partial charge in [-0.05, 0) is 5.04 Å². The fraction of sp³-hybridized carbons (Fsp3) is 0.600. The van der Waals surface area contributed by atoms with Crippen molar-refractivity contribution >= 4 is 10.4 Å². The maximum absolute atomic E-state index is 9.94. The second-order valence-electron chi connectivity index (χ2n) is 1.78. The minimum absolute atomic E-state index is 0.142. The first kappa shape index (κ1) is 13.1. The zero-order chi connectivity index (χ0) is 10.9. The highest BCUT2D eigenvalue weighted by Gasteiger charge is 1.98. The molecule has 0 aromatic rings. The Balaban J connectivity index is 3.28. The number of hydrogen-bond acceptors (Lipinski definition) is 7. The van der Waals surface area contributed by atoms with Crippen molar-refractivity contribution in [2.45, 2.75) is 0 Å². The van der Waals surface area contributed by atoms with Crippen LogP contribution in [0.1, 0.15) is 0 Å². The van der Waals surface area contributed by atoms with Crippen LogP contribution in [-0.4, -0.2) is 33.3 Å². The van der Waals surface area contributed by atoms with Crippen molar-refractivity contribution in [3.63, 3.8) is 0 Å². The summed E-state index contributed by atoms with van der Waals surface area (Å²) in [5, 5.41) is 4.03. The molecule has 0 saturated heterocycles. The maximum atomic E-state index is 9.94. The molecule has 8 nitrogen and oxygen atoms in total. The Labute approximate surface area is 80.8 Å². The summed E-state index contributed by atoms with van der Waals surface area (Å²) >= 11 is 0. The highest BCUT2D eigenvalue weighted by Crippen LogP contribution is 1.89. The summed E-state index contributed by atoms with van der Waals surface area (Å²) in [4.78, 5) is 8.46. The second-order valence-corrected chi connectivity index (χ2v) is 2.82. The molecule has 0 rings (SSSR count). The summed E-state index contributed by atoms with van der Waals surface area (Å²) in [6, 6.07) is 0. The molecule has 0 aromatic carbocycles. The molecule has 84 valence electrons. The van der Waals surface area contributed by atoms with E-state index in [1.54, 1.807) is 0 Å². The van der Waals surface area contributed by atoms with Crippen molar-refractivity contribution in [2.24, 2.45) is 0 Å². The standard InChI is InChI=1S/C5H10O8S/c1-9-2-3-10-13-11-4-5-12-14(6,7)8/h4-5H,2-3H2,1H3,(H,6,7,8)/b5-4-. The van der Waals surface area contributed by atoms with Crippen LogP contribution in [0.25, 0.3) is 0 Å². The lowest BCUT2D eigenvalue weighted by atomic mass is 10.8. The Morgan fingerprint density at radius 1 is 1.29 bits per heavy atom. The van der Waals surface area contributed by atoms with Crippen molar-refractivity contribution in [1.29, 1.82) is 0 Å². The van der Waals surface area contributed by atoms with Crippen molar-refractivity contribution in [3.8, 4) is 0 Å². The topological polar surface area (TPSA) is 101 Å². The SMILES string of the molecule is COCCOOO/C=C\OS(=O)(=O)O. The van der Waals surface area contributed by atoms with E-state index in [0.29, 0.717) is 19.1 Å². The van der Waals surface area contributed by atoms with Crippen molar-refractivity contribution in [2.75, 3.05) is 20.3 Å². The van der Waals surface area contributed by atoms with E-state index in [9.17, 15) is 8.42 Å². The molecule has 0 saturated carbocycles. The zero-order valence-corrected chi connectivity index (χ0v) is 8.10. The Morgan fingerprint density at radius 2 is 2.00 bits per heavy atom. The van der Waals surface area contributed by atoms with Crippen LogP contribution >= 0.6 is 0 Å². The van der Waals surface area contributed by atoms with E-state index in [2.05, 4.69) is 23.7 Å². The van der Waals surface area contributed by atoms with Crippen LogP contribution in [-0.2, 0) is 34.1 Å². The lowest BCUT2D eigenvalue weighted by Crippen LogP contribution is -2.02. The average Bonchev–Trinajstić information content (AvgIpc) is 2.08. The Hall–Kier alpha value is -0.870. The number of hydrogen-bond donors (Lipinski definition) is 1. The van der Waals surface area contributed by atoms with Crippen LogP contribution < -0.4 is 0 Å². The van der Waals surface area contributed by atoms with Gasteiger partial charge in [-0.3, -0.25) is 4.55 Å². The molecule has 0 atom stereocenters. The summed E-state index contributed by atoms with van der Waals surface area (Å²) in [6.07, 6.45) is 1.26. The smallest absolute Gasteiger partial charge is 0.382 e. The minimum atomic E-state index is -4.51. The van der Waals surface area contributed by atoms with Gasteiger partial charge in [0.25, 0.3) is 0 Å². The Morgan fingerprint density at radius 3 is 2.57 bits per heavy atom. The van der Waals surface area contributed by atoms with Gasteiger partial charge in [-0.25, -0.2) is 0 Å². The van der Waals surface area contributed by atoms with Gasteiger partial charge in [0.1, 0.15) is 12.9 Å². The summed E-state index contributed by atoms with van der Waals surface area (Å²) in [7, 11) is -3.03. The summed E-state index contributed by atoms with van der Waals surface area (Å²) in [5.74, 6) is 0. The first-order valence-corrected chi connectivity index (χ1v) is 4.67. The lowest BCUT2D eigenvalue weighted by molar-refractivity contribution is -0.491. The van der Waals surface area contributed by atoms with Gasteiger partial charge in [-0.2, -0.15) is 13.3 Å². The van der Waals surface area contributed by atoms with Gasteiger partial charge in [-0.1, -0.05) is 0 Å². The van der Waals surface area contributed by atoms with Gasteiger partial charge in [0.2, 0.25) is 0 Å². The van der Waals surface area contributed by atoms with Crippen LogP contribution in [0.3, 0.4) is 0 Å². The molecule has 0 heterocycles. The zero-order valence-electron chi connectivity index (χ0n) is 7.28. The number of methoxy groups -OCH3 is 1. The van der Waals surface area contributed by atoms with Gasteiger partial charge in [-0.15, -0.1) is 0 Å². The second kappa shape index (κ2) is 7.53. The molecule has 0 aromatic heterocycles. The monoisotopic (exact) mass is 230 g/mol. The minimum Gasteiger partial charge on any atom is -0.382 e. The third-order valence-electron chi connectivity index (χ3n) is 0.746. The molecule has 0 aliphatic carbocycles. The highest BCUT2D eigenvalue weighted by atomic mass is 32.3. The molecular formula is C5H10O8S. The summed E-state index contributed by atoms with van der Waals surface area (Å²) in [6.45, 7) is 0.456. The molecule has 14 heavy (non-hydrogen) atoms. The largest absolute Gasteiger partial charge is 0.446 e. The van der Waals surface area contributed by atoms with E-state index in [-0.39, 0.29) is 6.61 Å². The third-order valence-corrected chi connectivity index (χ3v) is 1.10. The van der Waals surface area contributed by atoms with Crippen molar-refractivity contribution < 1.29 is 36.7 Å². The average molecular weight is 230 g/mol. The molecule has 0 unspecified atom stereocenters. The van der Waals surface area contributed by atoms with Gasteiger partial charge in [0.05, 0.1) is 6.61 Å². The summed E-state index contributed by atoms with van der Waals surface area (Å²) < 4.78 is 36.2. The molecule has 0 spiro atoms. The van der Waals surface area contributed by atoms with E-state index in [0.717, 1.165) is 0 Å². The van der Waals surface area contributed by atoms with E-state index >= 15 is 0 Å². The Kier molecular flexibility index (Phi) is 7.06. The normalized spacial score (nSPS) is 11.9. The molecular weight excluding hydrogens is 220 g/mol. The van der Waals surface area contributed by atoms with Crippen molar-refractivity contribution in [1.82, 2.24) is 0 Å². The quantitative estimate of drug-likeness (QED) is 0.201. The third kappa shape index (κ3) is 11.1. The number of ether oxygens (including phenoxy) is 1. The van der Waals surface area contributed by atoms with Gasteiger partial charge in [0.15, 0.2) is 6.26 Å². The van der Waals surface area contributed by atoms with Crippen molar-refractivity contribution in [3.05, 3.63) is 12.5 Å². The van der Waals surface area contributed by atoms with Crippen LogP contribution in [0.15, 0.2) is 12.5 Å². The van der Waals surface area contributed by atoms with Gasteiger partial charge in [0, 0.05) is 7.11 Å². The molecule has 9 heteroatoms. The van der Waals surface area contributed by atoms with E-state index in [4.69, 9.17) is 4.55 Å². The lowest BCUT2D eigenvalue weighted by Gasteiger charge is -1.98. The van der Waals surface area contributed by atoms with Crippen LogP contribution in [0.4, 0.5) is 0 Å². The van der Waals surface area contributed by atoms with Gasteiger partial charge < -0.3 is 13.8 Å². The first-order chi connectivity index (χ1) is 6.56. The van der Waals surface area contributed by atoms with Crippen LogP contribution in [0.2, 0.25) is 0 Å². The fourth-order valence-corrected chi connectivity index (χ4v) is 0.503. The first-order valence-electron chi connectivity index (χ1n) is 3.31. The number of rotatable bonds is 8. The Bertz CT molecular complexity index is 244. The van der Waals surface area contributed by atoms with E-state index < -0.39 is 10.4 Å². The fourth-order valence-electron chi connectivity index (χ4n) is 0.317. The maximum Gasteiger partial charge on any atom is 0.446 e. The molecule has 0 amide bonds. The van der Waals surface area contributed by atoms with Crippen LogP contribution in [0, 0.1) is 0 Å². The van der Waals surface area contributed by atoms with Crippen LogP contribution in [0.5, 0.6) is 0 Å². The van der Waals surface area contributed by atoms with E-state index in [1.165, 1.54) is 7.11 Å². The molecule has 0 aliphatic rings. The molecule has 0 aliphatic heterocycles. The predicted molar refractivity (Wildman–Crippen MR) is 41.8 cm³/mol. The highest BCUT2D eigenvalue weighted by molar-refractivity contribution is 7.81. The molecule has 0 radical (unpaired) electrons.